The second kappa shape index (κ2) is 4.53. The van der Waals surface area contributed by atoms with Crippen molar-refractivity contribution in [2.45, 2.75) is 5.92 Å². The highest BCUT2D eigenvalue weighted by atomic mass is 16.5. The minimum atomic E-state index is 0.117. The van der Waals surface area contributed by atoms with Crippen LogP contribution < -0.4 is 4.74 Å². The maximum Gasteiger partial charge on any atom is 0.254 e. The molecule has 0 radical (unpaired) electrons. The van der Waals surface area contributed by atoms with Crippen molar-refractivity contribution in [1.82, 2.24) is 9.80 Å². The van der Waals surface area contributed by atoms with E-state index >= 15 is 0 Å². The van der Waals surface area contributed by atoms with Gasteiger partial charge >= 0.3 is 0 Å². The molecule has 4 heteroatoms. The van der Waals surface area contributed by atoms with E-state index in [4.69, 9.17) is 4.74 Å². The lowest BCUT2D eigenvalue weighted by atomic mass is 9.87. The zero-order valence-electron chi connectivity index (χ0n) is 11.7. The average Bonchev–Trinajstić information content (AvgIpc) is 2.73. The zero-order chi connectivity index (χ0) is 13.6. The molecule has 0 spiro atoms. The fourth-order valence-electron chi connectivity index (χ4n) is 3.44. The summed E-state index contributed by atoms with van der Waals surface area (Å²) in [6.07, 6.45) is 0. The van der Waals surface area contributed by atoms with Gasteiger partial charge in [0, 0.05) is 38.2 Å². The van der Waals surface area contributed by atoms with Crippen LogP contribution in [0.2, 0.25) is 0 Å². The topological polar surface area (TPSA) is 32.8 Å². The Labute approximate surface area is 113 Å². The number of carbonyl (C=O) groups excluding carboxylic acids is 1. The Morgan fingerprint density at radius 1 is 1.21 bits per heavy atom. The summed E-state index contributed by atoms with van der Waals surface area (Å²) in [6, 6.07) is 5.92. The van der Waals surface area contributed by atoms with E-state index < -0.39 is 0 Å². The smallest absolute Gasteiger partial charge is 0.254 e. The second-order valence-electron chi connectivity index (χ2n) is 5.73. The molecule has 0 aliphatic carbocycles. The number of likely N-dealkylation sites (N-methyl/N-ethyl adjacent to an activating group) is 1. The van der Waals surface area contributed by atoms with Gasteiger partial charge in [-0.15, -0.1) is 0 Å². The van der Waals surface area contributed by atoms with E-state index in [1.165, 1.54) is 5.56 Å². The van der Waals surface area contributed by atoms with Gasteiger partial charge in [-0.05, 0) is 30.7 Å². The Morgan fingerprint density at radius 3 is 2.74 bits per heavy atom. The summed E-state index contributed by atoms with van der Waals surface area (Å²) in [6.45, 7) is 2.93. The molecular weight excluding hydrogens is 240 g/mol. The van der Waals surface area contributed by atoms with Crippen LogP contribution in [-0.2, 0) is 0 Å². The molecule has 0 bridgehead atoms. The molecule has 2 aliphatic rings. The van der Waals surface area contributed by atoms with Crippen molar-refractivity contribution in [2.75, 3.05) is 40.8 Å². The molecule has 4 nitrogen and oxygen atoms in total. The lowest BCUT2D eigenvalue weighted by Gasteiger charge is -2.19. The number of rotatable bonds is 1. The maximum absolute atomic E-state index is 12.5. The molecule has 1 aromatic rings. The van der Waals surface area contributed by atoms with Crippen molar-refractivity contribution < 1.29 is 9.53 Å². The van der Waals surface area contributed by atoms with E-state index in [0.29, 0.717) is 11.8 Å². The molecule has 2 atom stereocenters. The highest BCUT2D eigenvalue weighted by Gasteiger charge is 2.38. The molecular formula is C15H20N2O2. The molecule has 102 valence electrons. The van der Waals surface area contributed by atoms with Crippen LogP contribution in [0.1, 0.15) is 21.8 Å². The van der Waals surface area contributed by atoms with Crippen LogP contribution in [0.5, 0.6) is 5.75 Å². The molecule has 0 saturated carbocycles. The molecule has 1 amide bonds. The largest absolute Gasteiger partial charge is 0.497 e. The van der Waals surface area contributed by atoms with Crippen LogP contribution in [0.25, 0.3) is 0 Å². The Morgan fingerprint density at radius 2 is 2.00 bits per heavy atom. The fraction of sp³-hybridized carbons (Fsp3) is 0.533. The average molecular weight is 260 g/mol. The third-order valence-electron chi connectivity index (χ3n) is 4.37. The van der Waals surface area contributed by atoms with Gasteiger partial charge in [-0.2, -0.15) is 0 Å². The van der Waals surface area contributed by atoms with Crippen LogP contribution in [0.15, 0.2) is 18.2 Å². The second-order valence-corrected chi connectivity index (χ2v) is 5.73. The number of carbonyl (C=O) groups is 1. The number of benzene rings is 1. The third kappa shape index (κ3) is 2.00. The lowest BCUT2D eigenvalue weighted by molar-refractivity contribution is 0.0781. The molecule has 0 aromatic heterocycles. The first-order valence-electron chi connectivity index (χ1n) is 6.72. The quantitative estimate of drug-likeness (QED) is 0.765. The van der Waals surface area contributed by atoms with Gasteiger partial charge in [-0.25, -0.2) is 0 Å². The van der Waals surface area contributed by atoms with Crippen molar-refractivity contribution in [3.05, 3.63) is 29.3 Å². The zero-order valence-corrected chi connectivity index (χ0v) is 11.7. The van der Waals surface area contributed by atoms with Gasteiger partial charge in [0.25, 0.3) is 5.91 Å². The van der Waals surface area contributed by atoms with Crippen molar-refractivity contribution >= 4 is 5.91 Å². The van der Waals surface area contributed by atoms with Gasteiger partial charge < -0.3 is 14.5 Å². The van der Waals surface area contributed by atoms with E-state index in [9.17, 15) is 4.79 Å². The monoisotopic (exact) mass is 260 g/mol. The number of hydrogen-bond acceptors (Lipinski definition) is 3. The first kappa shape index (κ1) is 12.5. The van der Waals surface area contributed by atoms with Gasteiger partial charge in [0.1, 0.15) is 5.75 Å². The summed E-state index contributed by atoms with van der Waals surface area (Å²) >= 11 is 0. The maximum atomic E-state index is 12.5. The summed E-state index contributed by atoms with van der Waals surface area (Å²) < 4.78 is 5.26. The molecule has 1 aromatic carbocycles. The highest BCUT2D eigenvalue weighted by Crippen LogP contribution is 2.38. The number of methoxy groups -OCH3 is 1. The Hall–Kier alpha value is -1.55. The molecule has 2 aliphatic heterocycles. The SMILES string of the molecule is COc1ccc2c(c1)C(=O)N(C)C[C@@H]1CN(C)CC21. The van der Waals surface area contributed by atoms with Crippen molar-refractivity contribution in [3.8, 4) is 5.75 Å². The summed E-state index contributed by atoms with van der Waals surface area (Å²) in [5.74, 6) is 1.87. The standard InChI is InChI=1S/C15H20N2O2/c1-16-7-10-8-17(2)15(18)13-6-11(19-3)4-5-12(13)14(10)9-16/h4-6,10,14H,7-9H2,1-3H3/t10-,14?/m0/s1. The number of nitrogens with zero attached hydrogens (tertiary/aromatic N) is 2. The van der Waals surface area contributed by atoms with E-state index in [1.807, 2.05) is 24.1 Å². The number of likely N-dealkylation sites (tertiary alicyclic amines) is 1. The van der Waals surface area contributed by atoms with Crippen LogP contribution >= 0.6 is 0 Å². The van der Waals surface area contributed by atoms with Gasteiger partial charge in [-0.1, -0.05) is 6.07 Å². The van der Waals surface area contributed by atoms with Crippen LogP contribution in [-0.4, -0.2) is 56.5 Å². The first-order chi connectivity index (χ1) is 9.10. The van der Waals surface area contributed by atoms with Crippen molar-refractivity contribution in [3.63, 3.8) is 0 Å². The summed E-state index contributed by atoms with van der Waals surface area (Å²) in [5, 5.41) is 0. The van der Waals surface area contributed by atoms with Crippen molar-refractivity contribution in [2.24, 2.45) is 5.92 Å². The Bertz CT molecular complexity index is 515. The summed E-state index contributed by atoms with van der Waals surface area (Å²) in [4.78, 5) is 16.7. The molecule has 1 saturated heterocycles. The minimum Gasteiger partial charge on any atom is -0.497 e. The predicted octanol–water partition coefficient (Wildman–Crippen LogP) is 1.43. The Balaban J connectivity index is 2.10. The van der Waals surface area contributed by atoms with Crippen LogP contribution in [0.3, 0.4) is 0 Å². The molecule has 3 rings (SSSR count). The van der Waals surface area contributed by atoms with Crippen LogP contribution in [0.4, 0.5) is 0 Å². The molecule has 1 unspecified atom stereocenters. The van der Waals surface area contributed by atoms with Gasteiger partial charge in [0.2, 0.25) is 0 Å². The lowest BCUT2D eigenvalue weighted by Crippen LogP contribution is -2.31. The predicted molar refractivity (Wildman–Crippen MR) is 73.7 cm³/mol. The normalized spacial score (nSPS) is 26.9. The summed E-state index contributed by atoms with van der Waals surface area (Å²) in [7, 11) is 5.69. The number of ether oxygens (including phenoxy) is 1. The highest BCUT2D eigenvalue weighted by molar-refractivity contribution is 5.96. The molecule has 0 N–H and O–H groups in total. The third-order valence-corrected chi connectivity index (χ3v) is 4.37. The first-order valence-corrected chi connectivity index (χ1v) is 6.72. The van der Waals surface area contributed by atoms with Gasteiger partial charge in [-0.3, -0.25) is 4.79 Å². The van der Waals surface area contributed by atoms with E-state index in [1.54, 1.807) is 7.11 Å². The number of amides is 1. The van der Waals surface area contributed by atoms with Gasteiger partial charge in [0.15, 0.2) is 0 Å². The number of fused-ring (bicyclic) bond motifs is 3. The van der Waals surface area contributed by atoms with Crippen molar-refractivity contribution in [1.29, 1.82) is 0 Å². The van der Waals surface area contributed by atoms with Gasteiger partial charge in [0.05, 0.1) is 7.11 Å². The van der Waals surface area contributed by atoms with E-state index in [2.05, 4.69) is 18.0 Å². The van der Waals surface area contributed by atoms with Crippen LogP contribution in [0, 0.1) is 5.92 Å². The molecule has 2 heterocycles. The van der Waals surface area contributed by atoms with E-state index in [0.717, 1.165) is 30.9 Å². The van der Waals surface area contributed by atoms with E-state index in [-0.39, 0.29) is 5.91 Å². The summed E-state index contributed by atoms with van der Waals surface area (Å²) in [5.41, 5.74) is 1.99. The Kier molecular flexibility index (Phi) is 2.97. The molecule has 19 heavy (non-hydrogen) atoms. The fourth-order valence-corrected chi connectivity index (χ4v) is 3.44. The molecule has 1 fully saturated rings. The minimum absolute atomic E-state index is 0.117. The number of hydrogen-bond donors (Lipinski definition) is 0.